The van der Waals surface area contributed by atoms with Gasteiger partial charge in [-0.05, 0) is 25.0 Å². The van der Waals surface area contributed by atoms with Gasteiger partial charge in [0, 0.05) is 24.9 Å². The van der Waals surface area contributed by atoms with Crippen molar-refractivity contribution in [3.63, 3.8) is 0 Å². The lowest BCUT2D eigenvalue weighted by Crippen LogP contribution is -2.44. The van der Waals surface area contributed by atoms with Gasteiger partial charge in [0.15, 0.2) is 0 Å². The van der Waals surface area contributed by atoms with Crippen LogP contribution in [0.1, 0.15) is 19.3 Å². The van der Waals surface area contributed by atoms with Gasteiger partial charge in [0.1, 0.15) is 6.10 Å². The third-order valence-corrected chi connectivity index (χ3v) is 5.11. The Morgan fingerprint density at radius 3 is 2.58 bits per heavy atom. The number of rotatable bonds is 3. The lowest BCUT2D eigenvalue weighted by molar-refractivity contribution is 0.0754. The van der Waals surface area contributed by atoms with Gasteiger partial charge < -0.3 is 4.74 Å². The molecule has 1 atom stereocenters. The van der Waals surface area contributed by atoms with E-state index in [-0.39, 0.29) is 6.10 Å². The zero-order chi connectivity index (χ0) is 13.1. The van der Waals surface area contributed by atoms with Crippen molar-refractivity contribution in [2.45, 2.75) is 31.4 Å². The summed E-state index contributed by atoms with van der Waals surface area (Å²) >= 11 is 7.83. The molecule has 6 heteroatoms. The summed E-state index contributed by atoms with van der Waals surface area (Å²) < 4.78 is 5.81. The minimum Gasteiger partial charge on any atom is -0.460 e. The fraction of sp³-hybridized carbons (Fsp3) is 0.692. The maximum Gasteiger partial charge on any atom is 0.316 e. The molecule has 3 rings (SSSR count). The number of thioether (sulfide) groups is 1. The van der Waals surface area contributed by atoms with Crippen molar-refractivity contribution in [3.05, 3.63) is 17.4 Å². The molecule has 104 valence electrons. The Morgan fingerprint density at radius 2 is 1.95 bits per heavy atom. The molecule has 2 saturated heterocycles. The Bertz CT molecular complexity index is 403. The van der Waals surface area contributed by atoms with Gasteiger partial charge in [-0.2, -0.15) is 11.8 Å². The minimum atomic E-state index is 0.242. The molecular formula is C13H18ClN3OS. The number of hydrogen-bond donors (Lipinski definition) is 0. The SMILES string of the molecule is Clc1cnc(OC2CCN(C3CCSC3)CC2)nc1. The Morgan fingerprint density at radius 1 is 1.21 bits per heavy atom. The molecule has 1 aromatic heterocycles. The minimum absolute atomic E-state index is 0.242. The number of ether oxygens (including phenoxy) is 1. The summed E-state index contributed by atoms with van der Waals surface area (Å²) in [5, 5.41) is 0.543. The summed E-state index contributed by atoms with van der Waals surface area (Å²) in [6.07, 6.45) is 6.87. The summed E-state index contributed by atoms with van der Waals surface area (Å²) in [7, 11) is 0. The van der Waals surface area contributed by atoms with Crippen LogP contribution in [0, 0.1) is 0 Å². The molecule has 3 heterocycles. The van der Waals surface area contributed by atoms with Crippen LogP contribution in [0.4, 0.5) is 0 Å². The number of nitrogens with zero attached hydrogens (tertiary/aromatic N) is 3. The van der Waals surface area contributed by atoms with E-state index in [1.54, 1.807) is 12.4 Å². The Hall–Kier alpha value is -0.520. The second-order valence-corrected chi connectivity index (χ2v) is 6.64. The van der Waals surface area contributed by atoms with Crippen LogP contribution in [-0.2, 0) is 0 Å². The van der Waals surface area contributed by atoms with Crippen LogP contribution in [0.2, 0.25) is 5.02 Å². The molecule has 1 aromatic rings. The summed E-state index contributed by atoms with van der Waals surface area (Å²) in [5.41, 5.74) is 0. The number of hydrogen-bond acceptors (Lipinski definition) is 5. The smallest absolute Gasteiger partial charge is 0.316 e. The van der Waals surface area contributed by atoms with Crippen LogP contribution in [0.15, 0.2) is 12.4 Å². The molecule has 0 bridgehead atoms. The predicted octanol–water partition coefficient (Wildman–Crippen LogP) is 2.48. The highest BCUT2D eigenvalue weighted by Gasteiger charge is 2.28. The monoisotopic (exact) mass is 299 g/mol. The number of likely N-dealkylation sites (tertiary alicyclic amines) is 1. The zero-order valence-electron chi connectivity index (χ0n) is 10.8. The van der Waals surface area contributed by atoms with E-state index in [1.165, 1.54) is 17.9 Å². The molecule has 0 radical (unpaired) electrons. The first-order valence-electron chi connectivity index (χ1n) is 6.77. The highest BCUT2D eigenvalue weighted by atomic mass is 35.5. The van der Waals surface area contributed by atoms with Crippen molar-refractivity contribution in [2.24, 2.45) is 0 Å². The van der Waals surface area contributed by atoms with Crippen LogP contribution in [0.5, 0.6) is 6.01 Å². The van der Waals surface area contributed by atoms with Gasteiger partial charge in [-0.1, -0.05) is 11.6 Å². The average molecular weight is 300 g/mol. The molecule has 0 spiro atoms. The van der Waals surface area contributed by atoms with E-state index in [4.69, 9.17) is 16.3 Å². The first-order valence-corrected chi connectivity index (χ1v) is 8.30. The topological polar surface area (TPSA) is 38.2 Å². The molecule has 2 aliphatic rings. The molecule has 2 fully saturated rings. The fourth-order valence-corrected chi connectivity index (χ4v) is 4.03. The Balaban J connectivity index is 1.48. The first-order chi connectivity index (χ1) is 9.31. The predicted molar refractivity (Wildman–Crippen MR) is 78.0 cm³/mol. The lowest BCUT2D eigenvalue weighted by atomic mass is 10.1. The third kappa shape index (κ3) is 3.52. The van der Waals surface area contributed by atoms with Crippen molar-refractivity contribution in [1.82, 2.24) is 14.9 Å². The molecule has 1 unspecified atom stereocenters. The molecular weight excluding hydrogens is 282 g/mol. The largest absolute Gasteiger partial charge is 0.460 e. The fourth-order valence-electron chi connectivity index (χ4n) is 2.68. The highest BCUT2D eigenvalue weighted by molar-refractivity contribution is 7.99. The van der Waals surface area contributed by atoms with E-state index in [0.717, 1.165) is 32.0 Å². The normalized spacial score (nSPS) is 25.6. The van der Waals surface area contributed by atoms with Crippen molar-refractivity contribution >= 4 is 23.4 Å². The van der Waals surface area contributed by atoms with Gasteiger partial charge in [0.2, 0.25) is 0 Å². The van der Waals surface area contributed by atoms with Gasteiger partial charge in [-0.25, -0.2) is 9.97 Å². The molecule has 0 aromatic carbocycles. The lowest BCUT2D eigenvalue weighted by Gasteiger charge is -2.35. The maximum absolute atomic E-state index is 5.81. The number of aromatic nitrogens is 2. The van der Waals surface area contributed by atoms with Gasteiger partial charge >= 0.3 is 6.01 Å². The van der Waals surface area contributed by atoms with Crippen LogP contribution in [-0.4, -0.2) is 51.6 Å². The molecule has 19 heavy (non-hydrogen) atoms. The van der Waals surface area contributed by atoms with Crippen LogP contribution >= 0.6 is 23.4 Å². The molecule has 0 aliphatic carbocycles. The van der Waals surface area contributed by atoms with Crippen molar-refractivity contribution in [2.75, 3.05) is 24.6 Å². The number of halogens is 1. The van der Waals surface area contributed by atoms with E-state index >= 15 is 0 Å². The summed E-state index contributed by atoms with van der Waals surface area (Å²) in [6.45, 7) is 2.26. The van der Waals surface area contributed by atoms with Crippen LogP contribution < -0.4 is 4.74 Å². The van der Waals surface area contributed by atoms with E-state index in [2.05, 4.69) is 26.6 Å². The number of piperidine rings is 1. The maximum atomic E-state index is 5.81. The quantitative estimate of drug-likeness (QED) is 0.857. The second-order valence-electron chi connectivity index (χ2n) is 5.05. The van der Waals surface area contributed by atoms with Gasteiger partial charge in [0.25, 0.3) is 0 Å². The summed E-state index contributed by atoms with van der Waals surface area (Å²) in [5.74, 6) is 2.62. The van der Waals surface area contributed by atoms with Gasteiger partial charge in [-0.3, -0.25) is 4.90 Å². The van der Waals surface area contributed by atoms with E-state index in [1.807, 2.05) is 0 Å². The molecule has 4 nitrogen and oxygen atoms in total. The first kappa shape index (κ1) is 13.5. The second kappa shape index (κ2) is 6.29. The van der Waals surface area contributed by atoms with E-state index in [9.17, 15) is 0 Å². The average Bonchev–Trinajstić information content (AvgIpc) is 2.96. The van der Waals surface area contributed by atoms with Crippen molar-refractivity contribution in [3.8, 4) is 6.01 Å². The zero-order valence-corrected chi connectivity index (χ0v) is 12.4. The van der Waals surface area contributed by atoms with Gasteiger partial charge in [-0.15, -0.1) is 0 Å². The molecule has 0 N–H and O–H groups in total. The van der Waals surface area contributed by atoms with E-state index in [0.29, 0.717) is 11.0 Å². The summed E-state index contributed by atoms with van der Waals surface area (Å²) in [6, 6.07) is 1.23. The van der Waals surface area contributed by atoms with Crippen LogP contribution in [0.3, 0.4) is 0 Å². The van der Waals surface area contributed by atoms with E-state index < -0.39 is 0 Å². The molecule has 0 saturated carbocycles. The van der Waals surface area contributed by atoms with Crippen molar-refractivity contribution < 1.29 is 4.74 Å². The van der Waals surface area contributed by atoms with Crippen molar-refractivity contribution in [1.29, 1.82) is 0 Å². The Labute approximate surface area is 122 Å². The summed E-state index contributed by atoms with van der Waals surface area (Å²) in [4.78, 5) is 10.8. The standard InChI is InChI=1S/C13H18ClN3OS/c14-10-7-15-13(16-8-10)18-12-1-4-17(5-2-12)11-3-6-19-9-11/h7-8,11-12H,1-6,9H2. The Kier molecular flexibility index (Phi) is 4.45. The highest BCUT2D eigenvalue weighted by Crippen LogP contribution is 2.26. The molecule has 0 amide bonds. The van der Waals surface area contributed by atoms with Crippen LogP contribution in [0.25, 0.3) is 0 Å². The molecule has 2 aliphatic heterocycles. The van der Waals surface area contributed by atoms with Gasteiger partial charge in [0.05, 0.1) is 17.4 Å². The third-order valence-electron chi connectivity index (χ3n) is 3.77.